The molecule has 200 valence electrons. The van der Waals surface area contributed by atoms with Gasteiger partial charge in [0.15, 0.2) is 0 Å². The van der Waals surface area contributed by atoms with Crippen molar-refractivity contribution in [2.45, 2.75) is 69.6 Å². The number of carbonyl (C=O) groups is 3. The number of H-pyrrole nitrogens is 1. The lowest BCUT2D eigenvalue weighted by molar-refractivity contribution is -0.143. The van der Waals surface area contributed by atoms with E-state index in [1.807, 2.05) is 36.7 Å². The van der Waals surface area contributed by atoms with Gasteiger partial charge in [0.05, 0.1) is 0 Å². The average molecular weight is 528 g/mol. The van der Waals surface area contributed by atoms with Crippen LogP contribution in [0.1, 0.15) is 51.0 Å². The van der Waals surface area contributed by atoms with Gasteiger partial charge < -0.3 is 25.5 Å². The van der Waals surface area contributed by atoms with E-state index >= 15 is 0 Å². The second-order valence-electron chi connectivity index (χ2n) is 11.4. The summed E-state index contributed by atoms with van der Waals surface area (Å²) in [6.07, 6.45) is 9.29. The molecule has 4 bridgehead atoms. The lowest BCUT2D eigenvalue weighted by atomic mass is 9.55. The highest BCUT2D eigenvalue weighted by Gasteiger charge is 2.50. The van der Waals surface area contributed by atoms with Gasteiger partial charge in [-0.3, -0.25) is 4.79 Å². The number of thioether (sulfide) groups is 1. The molecule has 2 amide bonds. The first-order chi connectivity index (χ1) is 17.8. The summed E-state index contributed by atoms with van der Waals surface area (Å²) in [7, 11) is 0. The quantitative estimate of drug-likeness (QED) is 0.365. The topological polar surface area (TPSA) is 121 Å². The van der Waals surface area contributed by atoms with Gasteiger partial charge >= 0.3 is 12.1 Å². The van der Waals surface area contributed by atoms with Crippen molar-refractivity contribution in [1.82, 2.24) is 15.6 Å². The highest BCUT2D eigenvalue weighted by molar-refractivity contribution is 7.98. The van der Waals surface area contributed by atoms with Crippen LogP contribution in [0.15, 0.2) is 30.5 Å². The third-order valence-corrected chi connectivity index (χ3v) is 9.34. The van der Waals surface area contributed by atoms with Crippen molar-refractivity contribution < 1.29 is 24.2 Å². The molecule has 4 fully saturated rings. The summed E-state index contributed by atoms with van der Waals surface area (Å²) >= 11 is 1.52. The molecule has 1 aromatic heterocycles. The maximum absolute atomic E-state index is 13.6. The predicted octanol–water partition coefficient (Wildman–Crippen LogP) is 4.34. The monoisotopic (exact) mass is 527 g/mol. The van der Waals surface area contributed by atoms with Gasteiger partial charge in [0.1, 0.15) is 17.7 Å². The summed E-state index contributed by atoms with van der Waals surface area (Å²) in [6.45, 7) is 1.65. The van der Waals surface area contributed by atoms with E-state index in [4.69, 9.17) is 4.74 Å². The van der Waals surface area contributed by atoms with Crippen LogP contribution in [-0.2, 0) is 20.7 Å². The van der Waals surface area contributed by atoms with Crippen LogP contribution >= 0.6 is 11.8 Å². The summed E-state index contributed by atoms with van der Waals surface area (Å²) in [5.41, 5.74) is 0.389. The number of amides is 2. The lowest BCUT2D eigenvalue weighted by Gasteiger charge is -2.53. The number of carboxylic acids is 1. The van der Waals surface area contributed by atoms with Crippen LogP contribution < -0.4 is 10.6 Å². The standard InChI is InChI=1S/C28H37N3O5S/c1-28(26(34)30-23(25(32)33)7-8-37-2,14-20-15-29-22-6-4-3-5-21(20)22)31-27(35)36-24-18-10-16-9-17(12-18)13-19(24)11-16/h3-6,15-19,23-24,29H,7-14H2,1-2H3,(H,30,34)(H,31,35)(H,32,33). The fourth-order valence-electron chi connectivity index (χ4n) is 7.10. The van der Waals surface area contributed by atoms with Crippen molar-refractivity contribution in [1.29, 1.82) is 0 Å². The Morgan fingerprint density at radius 3 is 2.46 bits per heavy atom. The van der Waals surface area contributed by atoms with Crippen LogP contribution in [-0.4, -0.2) is 57.8 Å². The van der Waals surface area contributed by atoms with Crippen molar-refractivity contribution in [3.8, 4) is 0 Å². The fraction of sp³-hybridized carbons (Fsp3) is 0.607. The van der Waals surface area contributed by atoms with Crippen molar-refractivity contribution in [2.75, 3.05) is 12.0 Å². The van der Waals surface area contributed by atoms with Gasteiger partial charge in [-0.15, -0.1) is 0 Å². The van der Waals surface area contributed by atoms with Crippen molar-refractivity contribution in [3.05, 3.63) is 36.0 Å². The van der Waals surface area contributed by atoms with E-state index in [1.165, 1.54) is 18.2 Å². The molecule has 4 saturated carbocycles. The first-order valence-electron chi connectivity index (χ1n) is 13.3. The molecule has 2 unspecified atom stereocenters. The Hall–Kier alpha value is -2.68. The van der Waals surface area contributed by atoms with Crippen molar-refractivity contribution >= 4 is 40.6 Å². The Kier molecular flexibility index (Phi) is 7.43. The number of carboxylic acid groups (broad SMARTS) is 1. The van der Waals surface area contributed by atoms with Crippen molar-refractivity contribution in [3.63, 3.8) is 0 Å². The summed E-state index contributed by atoms with van der Waals surface area (Å²) in [4.78, 5) is 42.0. The van der Waals surface area contributed by atoms with Crippen LogP contribution in [0.2, 0.25) is 0 Å². The summed E-state index contributed by atoms with van der Waals surface area (Å²) in [5.74, 6) is 1.30. The van der Waals surface area contributed by atoms with Gasteiger partial charge in [-0.05, 0) is 92.8 Å². The maximum Gasteiger partial charge on any atom is 0.408 e. The van der Waals surface area contributed by atoms with E-state index in [0.29, 0.717) is 24.0 Å². The van der Waals surface area contributed by atoms with E-state index in [9.17, 15) is 19.5 Å². The number of hydrogen-bond acceptors (Lipinski definition) is 5. The Morgan fingerprint density at radius 2 is 1.81 bits per heavy atom. The number of alkyl carbamates (subject to hydrolysis) is 1. The molecule has 1 heterocycles. The Bertz CT molecular complexity index is 1140. The van der Waals surface area contributed by atoms with Crippen LogP contribution in [0.25, 0.3) is 10.9 Å². The molecule has 2 aromatic rings. The first kappa shape index (κ1) is 25.9. The second-order valence-corrected chi connectivity index (χ2v) is 12.4. The number of rotatable bonds is 10. The highest BCUT2D eigenvalue weighted by atomic mass is 32.2. The molecule has 2 atom stereocenters. The molecule has 4 N–H and O–H groups in total. The average Bonchev–Trinajstić information content (AvgIpc) is 3.25. The molecule has 8 nitrogen and oxygen atoms in total. The molecule has 0 saturated heterocycles. The molecule has 0 spiro atoms. The maximum atomic E-state index is 13.6. The summed E-state index contributed by atoms with van der Waals surface area (Å²) < 4.78 is 6.04. The number of hydrogen-bond donors (Lipinski definition) is 4. The van der Waals surface area contributed by atoms with E-state index in [0.717, 1.165) is 54.0 Å². The van der Waals surface area contributed by atoms with Gasteiger partial charge in [0.25, 0.3) is 0 Å². The van der Waals surface area contributed by atoms with E-state index in [1.54, 1.807) is 6.92 Å². The van der Waals surface area contributed by atoms with Crippen molar-refractivity contribution in [2.24, 2.45) is 23.7 Å². The highest BCUT2D eigenvalue weighted by Crippen LogP contribution is 2.54. The third-order valence-electron chi connectivity index (χ3n) is 8.70. The minimum absolute atomic E-state index is 0.110. The molecule has 9 heteroatoms. The van der Waals surface area contributed by atoms with Crippen LogP contribution in [0.4, 0.5) is 4.79 Å². The second kappa shape index (κ2) is 10.6. The van der Waals surface area contributed by atoms with E-state index < -0.39 is 29.6 Å². The molecular weight excluding hydrogens is 490 g/mol. The zero-order valence-electron chi connectivity index (χ0n) is 21.5. The smallest absolute Gasteiger partial charge is 0.408 e. The minimum atomic E-state index is -1.40. The van der Waals surface area contributed by atoms with Crippen LogP contribution in [0.5, 0.6) is 0 Å². The summed E-state index contributed by atoms with van der Waals surface area (Å²) in [5, 5.41) is 16.2. The molecule has 6 rings (SSSR count). The number of aromatic amines is 1. The normalized spacial score (nSPS) is 28.4. The number of para-hydroxylation sites is 1. The van der Waals surface area contributed by atoms with Crippen LogP contribution in [0, 0.1) is 23.7 Å². The lowest BCUT2D eigenvalue weighted by Crippen LogP contribution is -2.61. The number of aromatic nitrogens is 1. The van der Waals surface area contributed by atoms with Gasteiger partial charge in [0, 0.05) is 23.5 Å². The number of benzene rings is 1. The Balaban J connectivity index is 1.35. The number of ether oxygens (including phenoxy) is 1. The molecule has 1 aromatic carbocycles. The fourth-order valence-corrected chi connectivity index (χ4v) is 7.57. The summed E-state index contributed by atoms with van der Waals surface area (Å²) in [6, 6.07) is 6.73. The first-order valence-corrected chi connectivity index (χ1v) is 14.7. The Morgan fingerprint density at radius 1 is 1.14 bits per heavy atom. The zero-order valence-corrected chi connectivity index (χ0v) is 22.3. The third kappa shape index (κ3) is 5.47. The van der Waals surface area contributed by atoms with E-state index in [-0.39, 0.29) is 12.5 Å². The van der Waals surface area contributed by atoms with Gasteiger partial charge in [-0.25, -0.2) is 9.59 Å². The number of nitrogens with one attached hydrogen (secondary N) is 3. The van der Waals surface area contributed by atoms with Crippen LogP contribution in [0.3, 0.4) is 0 Å². The SMILES string of the molecule is CSCCC(NC(=O)C(C)(Cc1c[nH]c2ccccc12)NC(=O)OC1C2CC3CC(C2)CC1C3)C(=O)O. The predicted molar refractivity (Wildman–Crippen MR) is 143 cm³/mol. The number of carbonyl (C=O) groups excluding carboxylic acids is 2. The molecule has 0 aliphatic heterocycles. The zero-order chi connectivity index (χ0) is 26.2. The molecule has 4 aliphatic rings. The van der Waals surface area contributed by atoms with Gasteiger partial charge in [0.2, 0.25) is 5.91 Å². The van der Waals surface area contributed by atoms with E-state index in [2.05, 4.69) is 15.6 Å². The molecule has 4 aliphatic carbocycles. The molecule has 37 heavy (non-hydrogen) atoms. The largest absolute Gasteiger partial charge is 0.480 e. The molecular formula is C28H37N3O5S. The minimum Gasteiger partial charge on any atom is -0.480 e. The molecule has 0 radical (unpaired) electrons. The van der Waals surface area contributed by atoms with Gasteiger partial charge in [-0.2, -0.15) is 11.8 Å². The number of aliphatic carboxylic acids is 1. The Labute approximate surface area is 221 Å². The number of fused-ring (bicyclic) bond motifs is 1. The van der Waals surface area contributed by atoms with Gasteiger partial charge in [-0.1, -0.05) is 18.2 Å².